The molecule has 8 nitrogen and oxygen atoms in total. The molecule has 0 bridgehead atoms. The van der Waals surface area contributed by atoms with Crippen molar-refractivity contribution in [2.45, 2.75) is 24.2 Å². The van der Waals surface area contributed by atoms with Gasteiger partial charge in [-0.1, -0.05) is 37.3 Å². The number of morpholine rings is 2. The van der Waals surface area contributed by atoms with E-state index in [4.69, 9.17) is 9.47 Å². The summed E-state index contributed by atoms with van der Waals surface area (Å²) in [7, 11) is -3.76. The Labute approximate surface area is 195 Å². The van der Waals surface area contributed by atoms with E-state index >= 15 is 0 Å². The Morgan fingerprint density at radius 2 is 1.61 bits per heavy atom. The predicted octanol–water partition coefficient (Wildman–Crippen LogP) is 2.68. The van der Waals surface area contributed by atoms with Crippen LogP contribution < -0.4 is 10.2 Å². The van der Waals surface area contributed by atoms with Crippen LogP contribution in [0, 0.1) is 0 Å². The first-order chi connectivity index (χ1) is 16.0. The summed E-state index contributed by atoms with van der Waals surface area (Å²) in [6, 6.07) is 14.8. The van der Waals surface area contributed by atoms with Crippen molar-refractivity contribution in [3.8, 4) is 0 Å². The van der Waals surface area contributed by atoms with E-state index in [1.165, 1.54) is 4.31 Å². The number of anilines is 2. The van der Waals surface area contributed by atoms with Crippen LogP contribution in [0.15, 0.2) is 53.4 Å². The Hall–Kier alpha value is -2.46. The van der Waals surface area contributed by atoms with E-state index in [-0.39, 0.29) is 16.7 Å². The molecule has 4 rings (SSSR count). The third-order valence-electron chi connectivity index (χ3n) is 6.09. The highest BCUT2D eigenvalue weighted by atomic mass is 32.2. The molecule has 2 aromatic rings. The first-order valence-corrected chi connectivity index (χ1v) is 12.8. The third kappa shape index (κ3) is 5.38. The number of nitrogens with one attached hydrogen (secondary N) is 1. The quantitative estimate of drug-likeness (QED) is 0.665. The maximum atomic E-state index is 13.6. The van der Waals surface area contributed by atoms with Crippen molar-refractivity contribution in [2.24, 2.45) is 0 Å². The Morgan fingerprint density at radius 1 is 0.970 bits per heavy atom. The number of nitrogens with zero attached hydrogens (tertiary/aromatic N) is 2. The van der Waals surface area contributed by atoms with Gasteiger partial charge in [0.2, 0.25) is 15.9 Å². The van der Waals surface area contributed by atoms with E-state index in [0.29, 0.717) is 70.4 Å². The summed E-state index contributed by atoms with van der Waals surface area (Å²) in [6.07, 6.45) is 0.640. The van der Waals surface area contributed by atoms with Gasteiger partial charge in [0.15, 0.2) is 0 Å². The van der Waals surface area contributed by atoms with E-state index in [0.717, 1.165) is 5.56 Å². The van der Waals surface area contributed by atoms with E-state index in [1.54, 1.807) is 18.2 Å². The van der Waals surface area contributed by atoms with Crippen LogP contribution in [0.1, 0.15) is 24.8 Å². The van der Waals surface area contributed by atoms with Gasteiger partial charge in [-0.2, -0.15) is 4.31 Å². The van der Waals surface area contributed by atoms with Crippen LogP contribution in [-0.2, 0) is 24.3 Å². The summed E-state index contributed by atoms with van der Waals surface area (Å²) >= 11 is 0. The van der Waals surface area contributed by atoms with Crippen LogP contribution in [-0.4, -0.2) is 71.2 Å². The second kappa shape index (κ2) is 10.6. The topological polar surface area (TPSA) is 88.2 Å². The molecule has 2 aliphatic heterocycles. The lowest BCUT2D eigenvalue weighted by Crippen LogP contribution is -2.42. The molecule has 1 amide bonds. The van der Waals surface area contributed by atoms with Crippen molar-refractivity contribution in [3.63, 3.8) is 0 Å². The highest BCUT2D eigenvalue weighted by Crippen LogP contribution is 2.32. The van der Waals surface area contributed by atoms with E-state index < -0.39 is 10.0 Å². The number of carbonyl (C=O) groups is 1. The molecule has 9 heteroatoms. The van der Waals surface area contributed by atoms with Gasteiger partial charge in [0.25, 0.3) is 0 Å². The van der Waals surface area contributed by atoms with Crippen molar-refractivity contribution in [1.29, 1.82) is 0 Å². The van der Waals surface area contributed by atoms with E-state index in [1.807, 2.05) is 42.2 Å². The summed E-state index contributed by atoms with van der Waals surface area (Å²) in [4.78, 5) is 15.3. The van der Waals surface area contributed by atoms with Crippen molar-refractivity contribution >= 4 is 27.3 Å². The van der Waals surface area contributed by atoms with Gasteiger partial charge in [0.05, 0.1) is 38.0 Å². The molecule has 1 atom stereocenters. The number of rotatable bonds is 7. The number of hydrogen-bond acceptors (Lipinski definition) is 6. The second-order valence-electron chi connectivity index (χ2n) is 8.16. The van der Waals surface area contributed by atoms with Gasteiger partial charge < -0.3 is 19.7 Å². The smallest absolute Gasteiger partial charge is 0.245 e. The number of hydrogen-bond donors (Lipinski definition) is 1. The van der Waals surface area contributed by atoms with Crippen LogP contribution in [0.2, 0.25) is 0 Å². The van der Waals surface area contributed by atoms with E-state index in [9.17, 15) is 13.2 Å². The average molecular weight is 474 g/mol. The zero-order valence-electron chi connectivity index (χ0n) is 18.9. The minimum Gasteiger partial charge on any atom is -0.379 e. The average Bonchev–Trinajstić information content (AvgIpc) is 2.86. The van der Waals surface area contributed by atoms with Crippen molar-refractivity contribution in [2.75, 3.05) is 62.8 Å². The Balaban J connectivity index is 1.65. The summed E-state index contributed by atoms with van der Waals surface area (Å²) in [5.41, 5.74) is 2.04. The maximum absolute atomic E-state index is 13.6. The lowest BCUT2D eigenvalue weighted by molar-refractivity contribution is -0.117. The Bertz CT molecular complexity index is 1050. The molecule has 1 unspecified atom stereocenters. The lowest BCUT2D eigenvalue weighted by Gasteiger charge is -2.33. The fraction of sp³-hybridized carbons (Fsp3) is 0.458. The van der Waals surface area contributed by atoms with Gasteiger partial charge >= 0.3 is 0 Å². The second-order valence-corrected chi connectivity index (χ2v) is 10.1. The van der Waals surface area contributed by atoms with Crippen LogP contribution in [0.5, 0.6) is 0 Å². The fourth-order valence-corrected chi connectivity index (χ4v) is 5.92. The monoisotopic (exact) mass is 473 g/mol. The molecule has 0 saturated carbocycles. The molecular formula is C24H31N3O5S. The highest BCUT2D eigenvalue weighted by molar-refractivity contribution is 7.89. The minimum atomic E-state index is -3.76. The van der Waals surface area contributed by atoms with Gasteiger partial charge in [-0.25, -0.2) is 8.42 Å². The number of carbonyl (C=O) groups excluding carboxylic acids is 1. The van der Waals surface area contributed by atoms with Gasteiger partial charge in [0.1, 0.15) is 4.90 Å². The van der Waals surface area contributed by atoms with Crippen molar-refractivity contribution < 1.29 is 22.7 Å². The molecule has 1 N–H and O–H groups in total. The van der Waals surface area contributed by atoms with Crippen molar-refractivity contribution in [3.05, 3.63) is 54.1 Å². The largest absolute Gasteiger partial charge is 0.379 e. The molecule has 2 saturated heterocycles. The third-order valence-corrected chi connectivity index (χ3v) is 8.02. The summed E-state index contributed by atoms with van der Waals surface area (Å²) in [5, 5.41) is 2.95. The normalized spacial score (nSPS) is 18.6. The molecule has 0 radical (unpaired) electrons. The Kier molecular flexibility index (Phi) is 7.64. The summed E-state index contributed by atoms with van der Waals surface area (Å²) in [5.74, 6) is -0.470. The summed E-state index contributed by atoms with van der Waals surface area (Å²) in [6.45, 7) is 5.66. The zero-order valence-corrected chi connectivity index (χ0v) is 19.7. The molecule has 2 heterocycles. The van der Waals surface area contributed by atoms with Crippen LogP contribution >= 0.6 is 0 Å². The molecular weight excluding hydrogens is 442 g/mol. The molecule has 2 aromatic carbocycles. The fourth-order valence-electron chi connectivity index (χ4n) is 4.28. The Morgan fingerprint density at radius 3 is 2.24 bits per heavy atom. The van der Waals surface area contributed by atoms with Gasteiger partial charge in [-0.05, 0) is 30.2 Å². The van der Waals surface area contributed by atoms with Crippen LogP contribution in [0.4, 0.5) is 11.4 Å². The number of ether oxygens (including phenoxy) is 2. The molecule has 0 spiro atoms. The zero-order chi connectivity index (χ0) is 23.3. The molecule has 2 aliphatic rings. The molecule has 2 fully saturated rings. The summed E-state index contributed by atoms with van der Waals surface area (Å²) < 4.78 is 39.4. The van der Waals surface area contributed by atoms with Gasteiger partial charge in [-0.3, -0.25) is 4.79 Å². The number of benzene rings is 2. The van der Waals surface area contributed by atoms with E-state index in [2.05, 4.69) is 5.32 Å². The molecule has 178 valence electrons. The van der Waals surface area contributed by atoms with Gasteiger partial charge in [0, 0.05) is 31.9 Å². The number of amides is 1. The first-order valence-electron chi connectivity index (χ1n) is 11.4. The maximum Gasteiger partial charge on any atom is 0.245 e. The highest BCUT2D eigenvalue weighted by Gasteiger charge is 2.31. The van der Waals surface area contributed by atoms with Crippen LogP contribution in [0.25, 0.3) is 0 Å². The standard InChI is InChI=1S/C24H31N3O5S/c1-2-21(19-6-4-3-5-7-19)24(28)25-20-8-9-22(26-10-14-31-15-11-26)23(18-20)33(29,30)27-12-16-32-17-13-27/h3-9,18,21H,2,10-17H2,1H3,(H,25,28). The lowest BCUT2D eigenvalue weighted by atomic mass is 9.95. The molecule has 0 aromatic heterocycles. The number of sulfonamides is 1. The predicted molar refractivity (Wildman–Crippen MR) is 127 cm³/mol. The SMILES string of the molecule is CCC(C(=O)Nc1ccc(N2CCOCC2)c(S(=O)(=O)N2CCOCC2)c1)c1ccccc1. The van der Waals surface area contributed by atoms with Gasteiger partial charge in [-0.15, -0.1) is 0 Å². The first kappa shape index (κ1) is 23.7. The molecule has 33 heavy (non-hydrogen) atoms. The van der Waals surface area contributed by atoms with Crippen molar-refractivity contribution in [1.82, 2.24) is 4.31 Å². The van der Waals surface area contributed by atoms with Crippen LogP contribution in [0.3, 0.4) is 0 Å². The molecule has 0 aliphatic carbocycles. The minimum absolute atomic E-state index is 0.155.